The van der Waals surface area contributed by atoms with Crippen LogP contribution < -0.4 is 5.32 Å². The molecule has 1 saturated carbocycles. The molecule has 0 aromatic carbocycles. The molecule has 3 nitrogen and oxygen atoms in total. The molecule has 120 valence electrons. The Morgan fingerprint density at radius 1 is 1.14 bits per heavy atom. The summed E-state index contributed by atoms with van der Waals surface area (Å²) in [7, 11) is 0. The lowest BCUT2D eigenvalue weighted by Gasteiger charge is -2.30. The van der Waals surface area contributed by atoms with Gasteiger partial charge in [-0.1, -0.05) is 40.0 Å². The number of nitrogens with one attached hydrogen (secondary N) is 1. The van der Waals surface area contributed by atoms with Crippen LogP contribution in [0.25, 0.3) is 0 Å². The van der Waals surface area contributed by atoms with Crippen LogP contribution in [0.5, 0.6) is 0 Å². The number of nitrogens with zero attached hydrogens (tertiary/aromatic N) is 2. The van der Waals surface area contributed by atoms with Crippen molar-refractivity contribution in [2.24, 2.45) is 5.92 Å². The summed E-state index contributed by atoms with van der Waals surface area (Å²) >= 11 is 0. The van der Waals surface area contributed by atoms with E-state index in [9.17, 15) is 0 Å². The Hall–Kier alpha value is -0.830. The third kappa shape index (κ3) is 4.57. The molecule has 1 aliphatic carbocycles. The lowest BCUT2D eigenvalue weighted by Crippen LogP contribution is -2.36. The molecule has 0 radical (unpaired) electrons. The Labute approximate surface area is 130 Å². The molecule has 1 N–H and O–H groups in total. The maximum atomic E-state index is 4.76. The van der Waals surface area contributed by atoms with Gasteiger partial charge >= 0.3 is 0 Å². The third-order valence-corrected chi connectivity index (χ3v) is 5.18. The van der Waals surface area contributed by atoms with Gasteiger partial charge in [-0.25, -0.2) is 0 Å². The predicted molar refractivity (Wildman–Crippen MR) is 89.3 cm³/mol. The summed E-state index contributed by atoms with van der Waals surface area (Å²) in [5.74, 6) is 0.880. The van der Waals surface area contributed by atoms with Gasteiger partial charge in [-0.3, -0.25) is 4.68 Å². The summed E-state index contributed by atoms with van der Waals surface area (Å²) in [6.07, 6.45) is 12.8. The van der Waals surface area contributed by atoms with Gasteiger partial charge in [0.25, 0.3) is 0 Å². The fourth-order valence-electron chi connectivity index (χ4n) is 3.75. The van der Waals surface area contributed by atoms with E-state index in [1.54, 1.807) is 0 Å². The van der Waals surface area contributed by atoms with Crippen molar-refractivity contribution < 1.29 is 0 Å². The van der Waals surface area contributed by atoms with Crippen LogP contribution in [0.1, 0.15) is 83.9 Å². The first-order chi connectivity index (χ1) is 10.3. The first-order valence-electron chi connectivity index (χ1n) is 9.05. The van der Waals surface area contributed by atoms with E-state index in [2.05, 4.69) is 43.0 Å². The van der Waals surface area contributed by atoms with E-state index in [-0.39, 0.29) is 0 Å². The second-order valence-electron chi connectivity index (χ2n) is 6.55. The molecule has 2 rings (SSSR count). The van der Waals surface area contributed by atoms with Crippen LogP contribution in [0.4, 0.5) is 0 Å². The van der Waals surface area contributed by atoms with Crippen molar-refractivity contribution in [1.29, 1.82) is 0 Å². The summed E-state index contributed by atoms with van der Waals surface area (Å²) in [6, 6.07) is 3.40. The summed E-state index contributed by atoms with van der Waals surface area (Å²) in [6.45, 7) is 7.71. The van der Waals surface area contributed by atoms with Crippen molar-refractivity contribution in [3.8, 4) is 0 Å². The van der Waals surface area contributed by atoms with Crippen LogP contribution in [0, 0.1) is 5.92 Å². The smallest absolute Gasteiger partial charge is 0.0762 e. The molecule has 0 aliphatic heterocycles. The lowest BCUT2D eigenvalue weighted by atomic mass is 9.83. The largest absolute Gasteiger partial charge is 0.308 e. The molecule has 1 unspecified atom stereocenters. The van der Waals surface area contributed by atoms with E-state index in [1.807, 2.05) is 0 Å². The zero-order chi connectivity index (χ0) is 15.1. The highest BCUT2D eigenvalue weighted by atomic mass is 15.3. The monoisotopic (exact) mass is 291 g/mol. The van der Waals surface area contributed by atoms with Gasteiger partial charge in [-0.15, -0.1) is 0 Å². The molecular formula is C18H33N3. The van der Waals surface area contributed by atoms with Crippen molar-refractivity contribution in [2.75, 3.05) is 0 Å². The van der Waals surface area contributed by atoms with Gasteiger partial charge in [0, 0.05) is 18.8 Å². The molecule has 1 aromatic heterocycles. The lowest BCUT2D eigenvalue weighted by molar-refractivity contribution is 0.261. The van der Waals surface area contributed by atoms with E-state index in [4.69, 9.17) is 5.10 Å². The first-order valence-corrected chi connectivity index (χ1v) is 9.05. The Bertz CT molecular complexity index is 389. The van der Waals surface area contributed by atoms with E-state index in [1.165, 1.54) is 44.2 Å². The van der Waals surface area contributed by atoms with Gasteiger partial charge in [0.05, 0.1) is 11.7 Å². The molecule has 1 aliphatic rings. The van der Waals surface area contributed by atoms with Crippen LogP contribution >= 0.6 is 0 Å². The number of rotatable bonds is 8. The Kier molecular flexibility index (Phi) is 6.75. The van der Waals surface area contributed by atoms with Crippen LogP contribution in [-0.4, -0.2) is 15.8 Å². The standard InChI is InChI=1S/C18H33N3/c1-4-17(5-2)21-13-12-16(20-21)14-19-18(6-3)15-10-8-7-9-11-15/h12-13,15,17-19H,4-11,14H2,1-3H3. The number of hydrogen-bond donors (Lipinski definition) is 1. The molecule has 0 saturated heterocycles. The van der Waals surface area contributed by atoms with Crippen molar-refractivity contribution in [3.63, 3.8) is 0 Å². The average molecular weight is 291 g/mol. The Morgan fingerprint density at radius 2 is 1.86 bits per heavy atom. The minimum atomic E-state index is 0.555. The summed E-state index contributed by atoms with van der Waals surface area (Å²) in [5, 5.41) is 8.53. The highest BCUT2D eigenvalue weighted by molar-refractivity contribution is 5.00. The molecule has 0 spiro atoms. The summed E-state index contributed by atoms with van der Waals surface area (Å²) < 4.78 is 2.15. The van der Waals surface area contributed by atoms with Gasteiger partial charge in [0.15, 0.2) is 0 Å². The molecule has 1 heterocycles. The second kappa shape index (κ2) is 8.57. The molecule has 21 heavy (non-hydrogen) atoms. The van der Waals surface area contributed by atoms with E-state index in [0.29, 0.717) is 12.1 Å². The van der Waals surface area contributed by atoms with Crippen molar-refractivity contribution >= 4 is 0 Å². The number of hydrogen-bond acceptors (Lipinski definition) is 2. The quantitative estimate of drug-likeness (QED) is 0.753. The van der Waals surface area contributed by atoms with Gasteiger partial charge < -0.3 is 5.32 Å². The maximum Gasteiger partial charge on any atom is 0.0762 e. The topological polar surface area (TPSA) is 29.9 Å². The van der Waals surface area contributed by atoms with E-state index in [0.717, 1.165) is 25.3 Å². The Balaban J connectivity index is 1.86. The van der Waals surface area contributed by atoms with Gasteiger partial charge in [0.1, 0.15) is 0 Å². The first kappa shape index (κ1) is 16.5. The minimum Gasteiger partial charge on any atom is -0.308 e. The normalized spacial score (nSPS) is 18.3. The maximum absolute atomic E-state index is 4.76. The zero-order valence-electron chi connectivity index (χ0n) is 14.1. The molecule has 0 bridgehead atoms. The zero-order valence-corrected chi connectivity index (χ0v) is 14.1. The Morgan fingerprint density at radius 3 is 2.48 bits per heavy atom. The molecule has 1 fully saturated rings. The second-order valence-corrected chi connectivity index (χ2v) is 6.55. The van der Waals surface area contributed by atoms with Crippen LogP contribution in [0.3, 0.4) is 0 Å². The van der Waals surface area contributed by atoms with Crippen molar-refractivity contribution in [3.05, 3.63) is 18.0 Å². The molecule has 1 aromatic rings. The predicted octanol–water partition coefficient (Wildman–Crippen LogP) is 4.69. The molecule has 3 heteroatoms. The highest BCUT2D eigenvalue weighted by Crippen LogP contribution is 2.27. The van der Waals surface area contributed by atoms with Gasteiger partial charge in [-0.05, 0) is 44.1 Å². The van der Waals surface area contributed by atoms with E-state index >= 15 is 0 Å². The molecule has 1 atom stereocenters. The SMILES string of the molecule is CCC(NCc1ccn(C(CC)CC)n1)C1CCCCC1. The van der Waals surface area contributed by atoms with Gasteiger partial charge in [-0.2, -0.15) is 5.10 Å². The summed E-state index contributed by atoms with van der Waals surface area (Å²) in [5.41, 5.74) is 1.19. The van der Waals surface area contributed by atoms with Crippen molar-refractivity contribution in [1.82, 2.24) is 15.1 Å². The van der Waals surface area contributed by atoms with Crippen molar-refractivity contribution in [2.45, 2.75) is 90.8 Å². The third-order valence-electron chi connectivity index (χ3n) is 5.18. The summed E-state index contributed by atoms with van der Waals surface area (Å²) in [4.78, 5) is 0. The molecular weight excluding hydrogens is 258 g/mol. The van der Waals surface area contributed by atoms with Gasteiger partial charge in [0.2, 0.25) is 0 Å². The average Bonchev–Trinajstić information content (AvgIpc) is 2.99. The minimum absolute atomic E-state index is 0.555. The highest BCUT2D eigenvalue weighted by Gasteiger charge is 2.22. The van der Waals surface area contributed by atoms with E-state index < -0.39 is 0 Å². The number of aromatic nitrogens is 2. The fourth-order valence-corrected chi connectivity index (χ4v) is 3.75. The molecule has 0 amide bonds. The van der Waals surface area contributed by atoms with Crippen LogP contribution in [-0.2, 0) is 6.54 Å². The fraction of sp³-hybridized carbons (Fsp3) is 0.833. The van der Waals surface area contributed by atoms with Crippen LogP contribution in [0.15, 0.2) is 12.3 Å². The van der Waals surface area contributed by atoms with Crippen LogP contribution in [0.2, 0.25) is 0 Å².